The lowest BCUT2D eigenvalue weighted by atomic mass is 10.2. The van der Waals surface area contributed by atoms with Crippen molar-refractivity contribution in [2.24, 2.45) is 0 Å². The van der Waals surface area contributed by atoms with Gasteiger partial charge in [-0.1, -0.05) is 6.92 Å². The van der Waals surface area contributed by atoms with Crippen LogP contribution >= 0.6 is 0 Å². The van der Waals surface area contributed by atoms with Crippen molar-refractivity contribution in [3.63, 3.8) is 0 Å². The second kappa shape index (κ2) is 6.45. The molecule has 6 nitrogen and oxygen atoms in total. The molecule has 0 radical (unpaired) electrons. The zero-order chi connectivity index (χ0) is 16.2. The Morgan fingerprint density at radius 3 is 2.45 bits per heavy atom. The molecule has 2 aromatic rings. The number of ether oxygens (including phenoxy) is 1. The maximum Gasteiger partial charge on any atom is 0.229 e. The van der Waals surface area contributed by atoms with E-state index in [1.807, 2.05) is 6.92 Å². The minimum Gasteiger partial charge on any atom is -0.439 e. The molecule has 0 aliphatic heterocycles. The minimum atomic E-state index is -3.30. The molecular formula is C15H15N3O3S. The Kier molecular flexibility index (Phi) is 4.63. The third kappa shape index (κ3) is 4.20. The van der Waals surface area contributed by atoms with Gasteiger partial charge in [-0.2, -0.15) is 5.26 Å². The summed E-state index contributed by atoms with van der Waals surface area (Å²) in [6, 6.07) is 11.8. The summed E-state index contributed by atoms with van der Waals surface area (Å²) in [6.45, 7) is 1.92. The molecule has 1 N–H and O–H groups in total. The van der Waals surface area contributed by atoms with Crippen molar-refractivity contribution in [1.82, 2.24) is 4.98 Å². The van der Waals surface area contributed by atoms with Crippen molar-refractivity contribution >= 4 is 15.7 Å². The smallest absolute Gasteiger partial charge is 0.229 e. The minimum absolute atomic E-state index is 0.389. The van der Waals surface area contributed by atoms with Crippen LogP contribution in [-0.4, -0.2) is 19.7 Å². The molecule has 0 unspecified atom stereocenters. The highest BCUT2D eigenvalue weighted by Crippen LogP contribution is 2.23. The normalized spacial score (nSPS) is 10.8. The Labute approximate surface area is 129 Å². The topological polar surface area (TPSA) is 92.1 Å². The van der Waals surface area contributed by atoms with Crippen LogP contribution in [0.4, 0.5) is 5.69 Å². The Morgan fingerprint density at radius 2 is 1.91 bits per heavy atom. The van der Waals surface area contributed by atoms with Gasteiger partial charge in [-0.25, -0.2) is 13.4 Å². The fourth-order valence-electron chi connectivity index (χ4n) is 1.84. The lowest BCUT2D eigenvalue weighted by Gasteiger charge is -2.08. The summed E-state index contributed by atoms with van der Waals surface area (Å²) < 4.78 is 30.2. The van der Waals surface area contributed by atoms with Gasteiger partial charge in [-0.05, 0) is 36.8 Å². The molecule has 0 atom stereocenters. The highest BCUT2D eigenvalue weighted by molar-refractivity contribution is 7.92. The van der Waals surface area contributed by atoms with E-state index in [9.17, 15) is 8.42 Å². The highest BCUT2D eigenvalue weighted by atomic mass is 32.2. The summed E-state index contributed by atoms with van der Waals surface area (Å²) in [6.07, 6.45) is 1.72. The Morgan fingerprint density at radius 1 is 1.23 bits per heavy atom. The Bertz CT molecular complexity index is 809. The van der Waals surface area contributed by atoms with Crippen molar-refractivity contribution in [2.45, 2.75) is 13.3 Å². The van der Waals surface area contributed by atoms with E-state index in [4.69, 9.17) is 10.00 Å². The average Bonchev–Trinajstić information content (AvgIpc) is 2.47. The van der Waals surface area contributed by atoms with Crippen LogP contribution < -0.4 is 9.46 Å². The number of hydrogen-bond acceptors (Lipinski definition) is 5. The fraction of sp³-hybridized carbons (Fsp3) is 0.200. The first-order valence-electron chi connectivity index (χ1n) is 6.57. The zero-order valence-corrected chi connectivity index (χ0v) is 13.0. The number of aryl methyl sites for hydroxylation is 1. The maximum absolute atomic E-state index is 11.1. The quantitative estimate of drug-likeness (QED) is 0.915. The molecule has 1 aromatic heterocycles. The summed E-state index contributed by atoms with van der Waals surface area (Å²) in [5.74, 6) is 0.915. The van der Waals surface area contributed by atoms with Gasteiger partial charge in [-0.15, -0.1) is 0 Å². The number of rotatable bonds is 5. The number of nitriles is 1. The van der Waals surface area contributed by atoms with Crippen molar-refractivity contribution in [3.8, 4) is 17.7 Å². The molecule has 0 bridgehead atoms. The van der Waals surface area contributed by atoms with Gasteiger partial charge in [0, 0.05) is 11.8 Å². The second-order valence-corrected chi connectivity index (χ2v) is 6.36. The number of hydrogen-bond donors (Lipinski definition) is 1. The second-order valence-electron chi connectivity index (χ2n) is 4.61. The predicted molar refractivity (Wildman–Crippen MR) is 83.3 cm³/mol. The first-order chi connectivity index (χ1) is 10.4. The summed E-state index contributed by atoms with van der Waals surface area (Å²) in [5.41, 5.74) is 1.66. The lowest BCUT2D eigenvalue weighted by Crippen LogP contribution is -2.09. The molecule has 22 heavy (non-hydrogen) atoms. The van der Waals surface area contributed by atoms with E-state index < -0.39 is 10.0 Å². The van der Waals surface area contributed by atoms with Crippen molar-refractivity contribution in [3.05, 3.63) is 47.7 Å². The van der Waals surface area contributed by atoms with E-state index in [0.717, 1.165) is 6.26 Å². The summed E-state index contributed by atoms with van der Waals surface area (Å²) in [7, 11) is -3.30. The number of sulfonamides is 1. The van der Waals surface area contributed by atoms with E-state index in [1.165, 1.54) is 0 Å². The summed E-state index contributed by atoms with van der Waals surface area (Å²) in [4.78, 5) is 4.28. The molecule has 0 aliphatic carbocycles. The maximum atomic E-state index is 11.1. The molecule has 7 heteroatoms. The van der Waals surface area contributed by atoms with Gasteiger partial charge in [0.1, 0.15) is 11.8 Å². The fourth-order valence-corrected chi connectivity index (χ4v) is 2.40. The van der Waals surface area contributed by atoms with Gasteiger partial charge in [0.2, 0.25) is 15.9 Å². The van der Waals surface area contributed by atoms with Crippen LogP contribution in [0, 0.1) is 11.3 Å². The largest absolute Gasteiger partial charge is 0.439 e. The molecule has 0 spiro atoms. The number of pyridine rings is 1. The van der Waals surface area contributed by atoms with Crippen LogP contribution in [-0.2, 0) is 16.4 Å². The van der Waals surface area contributed by atoms with Gasteiger partial charge in [0.05, 0.1) is 17.5 Å². The van der Waals surface area contributed by atoms with Crippen LogP contribution in [0.3, 0.4) is 0 Å². The van der Waals surface area contributed by atoms with E-state index >= 15 is 0 Å². The molecule has 0 saturated heterocycles. The predicted octanol–water partition coefficient (Wildman–Crippen LogP) is 2.68. The Hall–Kier alpha value is -2.59. The number of aromatic nitrogens is 1. The molecule has 1 aromatic carbocycles. The SMILES string of the molecule is CCc1nc(Oc2ccc(NS(C)(=O)=O)cc2)ccc1C#N. The van der Waals surface area contributed by atoms with Gasteiger partial charge in [0.25, 0.3) is 0 Å². The number of nitrogens with one attached hydrogen (secondary N) is 1. The van der Waals surface area contributed by atoms with Crippen LogP contribution in [0.2, 0.25) is 0 Å². The summed E-state index contributed by atoms with van der Waals surface area (Å²) >= 11 is 0. The van der Waals surface area contributed by atoms with Crippen LogP contribution in [0.15, 0.2) is 36.4 Å². The third-order valence-electron chi connectivity index (χ3n) is 2.78. The first-order valence-corrected chi connectivity index (χ1v) is 8.46. The average molecular weight is 317 g/mol. The molecule has 0 fully saturated rings. The van der Waals surface area contributed by atoms with E-state index in [-0.39, 0.29) is 0 Å². The van der Waals surface area contributed by atoms with Crippen LogP contribution in [0.5, 0.6) is 11.6 Å². The summed E-state index contributed by atoms with van der Waals surface area (Å²) in [5, 5.41) is 8.97. The van der Waals surface area contributed by atoms with Gasteiger partial charge in [-0.3, -0.25) is 4.72 Å². The third-order valence-corrected chi connectivity index (χ3v) is 3.39. The first kappa shape index (κ1) is 15.8. The number of nitrogens with zero attached hydrogens (tertiary/aromatic N) is 2. The molecule has 0 aliphatic rings. The molecule has 1 heterocycles. The van der Waals surface area contributed by atoms with E-state index in [1.54, 1.807) is 36.4 Å². The molecule has 114 valence electrons. The van der Waals surface area contributed by atoms with Crippen molar-refractivity contribution in [1.29, 1.82) is 5.26 Å². The standard InChI is InChI=1S/C15H15N3O3S/c1-3-14-11(10-16)4-9-15(17-14)21-13-7-5-12(6-8-13)18-22(2,19)20/h4-9,18H,3H2,1-2H3. The van der Waals surface area contributed by atoms with E-state index in [2.05, 4.69) is 15.8 Å². The van der Waals surface area contributed by atoms with Crippen molar-refractivity contribution in [2.75, 3.05) is 11.0 Å². The zero-order valence-electron chi connectivity index (χ0n) is 12.2. The number of benzene rings is 1. The van der Waals surface area contributed by atoms with Crippen LogP contribution in [0.25, 0.3) is 0 Å². The lowest BCUT2D eigenvalue weighted by molar-refractivity contribution is 0.461. The van der Waals surface area contributed by atoms with Crippen molar-refractivity contribution < 1.29 is 13.2 Å². The van der Waals surface area contributed by atoms with Gasteiger partial charge < -0.3 is 4.74 Å². The highest BCUT2D eigenvalue weighted by Gasteiger charge is 2.06. The molecule has 0 saturated carbocycles. The monoisotopic (exact) mass is 317 g/mol. The Balaban J connectivity index is 2.16. The molecule has 2 rings (SSSR count). The van der Waals surface area contributed by atoms with Gasteiger partial charge in [0.15, 0.2) is 0 Å². The van der Waals surface area contributed by atoms with Crippen LogP contribution in [0.1, 0.15) is 18.2 Å². The van der Waals surface area contributed by atoms with E-state index in [0.29, 0.717) is 35.0 Å². The van der Waals surface area contributed by atoms with Gasteiger partial charge >= 0.3 is 0 Å². The molecule has 0 amide bonds. The molecular weight excluding hydrogens is 302 g/mol. The number of anilines is 1.